The number of anilines is 1. The molecule has 10 nitrogen and oxygen atoms in total. The van der Waals surface area contributed by atoms with E-state index in [0.29, 0.717) is 29.8 Å². The summed E-state index contributed by atoms with van der Waals surface area (Å²) in [5.74, 6) is 0.438. The molecule has 158 valence electrons. The summed E-state index contributed by atoms with van der Waals surface area (Å²) in [6.07, 6.45) is 3.94. The lowest BCUT2D eigenvalue weighted by Gasteiger charge is -2.18. The SMILES string of the molecule is CCn1cc(C(=O)NC2CCN(c3ccc4nncn4n3)C2)c(=O)c2ccc(C)nc21. The van der Waals surface area contributed by atoms with Crippen LogP contribution in [0.2, 0.25) is 0 Å². The summed E-state index contributed by atoms with van der Waals surface area (Å²) in [6.45, 7) is 5.83. The Morgan fingerprint density at radius 3 is 2.97 bits per heavy atom. The Morgan fingerprint density at radius 2 is 2.13 bits per heavy atom. The normalized spacial score (nSPS) is 16.3. The van der Waals surface area contributed by atoms with Crippen molar-refractivity contribution in [1.82, 2.24) is 34.7 Å². The van der Waals surface area contributed by atoms with E-state index in [0.717, 1.165) is 24.5 Å². The Bertz CT molecular complexity index is 1360. The van der Waals surface area contributed by atoms with Gasteiger partial charge in [-0.05, 0) is 44.5 Å². The van der Waals surface area contributed by atoms with Gasteiger partial charge in [-0.15, -0.1) is 15.3 Å². The van der Waals surface area contributed by atoms with Gasteiger partial charge in [-0.3, -0.25) is 9.59 Å². The van der Waals surface area contributed by atoms with Gasteiger partial charge < -0.3 is 14.8 Å². The van der Waals surface area contributed by atoms with Crippen molar-refractivity contribution in [3.63, 3.8) is 0 Å². The van der Waals surface area contributed by atoms with Crippen LogP contribution in [0.4, 0.5) is 5.82 Å². The fourth-order valence-electron chi connectivity index (χ4n) is 4.00. The second kappa shape index (κ2) is 7.46. The molecule has 0 radical (unpaired) electrons. The van der Waals surface area contributed by atoms with Gasteiger partial charge in [0.1, 0.15) is 23.4 Å². The van der Waals surface area contributed by atoms with Crippen molar-refractivity contribution in [3.05, 3.63) is 58.3 Å². The van der Waals surface area contributed by atoms with Crippen molar-refractivity contribution >= 4 is 28.4 Å². The van der Waals surface area contributed by atoms with Crippen LogP contribution >= 0.6 is 0 Å². The number of hydrogen-bond donors (Lipinski definition) is 1. The molecule has 5 heterocycles. The number of aryl methyl sites for hydroxylation is 2. The number of rotatable bonds is 4. The van der Waals surface area contributed by atoms with E-state index >= 15 is 0 Å². The van der Waals surface area contributed by atoms with Crippen molar-refractivity contribution < 1.29 is 4.79 Å². The zero-order valence-corrected chi connectivity index (χ0v) is 17.3. The van der Waals surface area contributed by atoms with Gasteiger partial charge in [0.2, 0.25) is 5.43 Å². The fourth-order valence-corrected chi connectivity index (χ4v) is 4.00. The van der Waals surface area contributed by atoms with Gasteiger partial charge in [0.15, 0.2) is 5.65 Å². The summed E-state index contributed by atoms with van der Waals surface area (Å²) in [4.78, 5) is 32.5. The van der Waals surface area contributed by atoms with Crippen LogP contribution in [0.3, 0.4) is 0 Å². The van der Waals surface area contributed by atoms with Crippen LogP contribution in [0.25, 0.3) is 16.7 Å². The molecule has 1 saturated heterocycles. The van der Waals surface area contributed by atoms with Crippen molar-refractivity contribution in [2.24, 2.45) is 0 Å². The maximum atomic E-state index is 13.0. The number of pyridine rings is 2. The van der Waals surface area contributed by atoms with E-state index in [9.17, 15) is 9.59 Å². The van der Waals surface area contributed by atoms with Crippen LogP contribution in [0.5, 0.6) is 0 Å². The molecule has 0 spiro atoms. The summed E-state index contributed by atoms with van der Waals surface area (Å²) in [5, 5.41) is 15.8. The molecule has 1 N–H and O–H groups in total. The standard InChI is InChI=1S/C21H22N8O2/c1-3-27-11-16(19(30)15-5-4-13(2)23-20(15)27)21(31)24-14-8-9-28(10-14)18-7-6-17-25-22-12-29(17)26-18/h4-7,11-12,14H,3,8-10H2,1-2H3,(H,24,31). The predicted molar refractivity (Wildman–Crippen MR) is 115 cm³/mol. The van der Waals surface area contributed by atoms with Gasteiger partial charge in [-0.2, -0.15) is 4.52 Å². The van der Waals surface area contributed by atoms with Crippen LogP contribution in [0.15, 0.2) is 41.6 Å². The molecular formula is C21H22N8O2. The van der Waals surface area contributed by atoms with Crippen molar-refractivity contribution in [1.29, 1.82) is 0 Å². The minimum absolute atomic E-state index is 0.0766. The summed E-state index contributed by atoms with van der Waals surface area (Å²) in [5.41, 5.74) is 1.96. The molecule has 0 saturated carbocycles. The van der Waals surface area contributed by atoms with Gasteiger partial charge in [-0.25, -0.2) is 4.98 Å². The summed E-state index contributed by atoms with van der Waals surface area (Å²) >= 11 is 0. The van der Waals surface area contributed by atoms with Gasteiger partial charge in [0, 0.05) is 37.6 Å². The molecule has 1 aliphatic heterocycles. The number of nitrogens with zero attached hydrogens (tertiary/aromatic N) is 7. The number of aromatic nitrogens is 6. The lowest BCUT2D eigenvalue weighted by molar-refractivity contribution is 0.0938. The van der Waals surface area contributed by atoms with E-state index in [2.05, 4.69) is 30.5 Å². The number of carbonyl (C=O) groups is 1. The first kappa shape index (κ1) is 19.2. The van der Waals surface area contributed by atoms with Crippen LogP contribution in [0.1, 0.15) is 29.4 Å². The first-order valence-electron chi connectivity index (χ1n) is 10.3. The van der Waals surface area contributed by atoms with Crippen molar-refractivity contribution in [2.45, 2.75) is 32.9 Å². The average molecular weight is 418 g/mol. The maximum absolute atomic E-state index is 13.0. The Labute approximate surface area is 177 Å². The topological polar surface area (TPSA) is 110 Å². The van der Waals surface area contributed by atoms with E-state index in [1.54, 1.807) is 29.2 Å². The summed E-state index contributed by atoms with van der Waals surface area (Å²) in [6, 6.07) is 7.21. The van der Waals surface area contributed by atoms with E-state index in [-0.39, 0.29) is 22.9 Å². The van der Waals surface area contributed by atoms with Crippen molar-refractivity contribution in [2.75, 3.05) is 18.0 Å². The molecule has 1 amide bonds. The van der Waals surface area contributed by atoms with Crippen LogP contribution in [-0.4, -0.2) is 54.4 Å². The summed E-state index contributed by atoms with van der Waals surface area (Å²) < 4.78 is 3.47. The van der Waals surface area contributed by atoms with Gasteiger partial charge in [0.25, 0.3) is 5.91 Å². The van der Waals surface area contributed by atoms with E-state index in [1.807, 2.05) is 30.5 Å². The van der Waals surface area contributed by atoms with Crippen molar-refractivity contribution in [3.8, 4) is 0 Å². The highest BCUT2D eigenvalue weighted by Gasteiger charge is 2.27. The number of nitrogens with one attached hydrogen (secondary N) is 1. The molecule has 0 aromatic carbocycles. The third kappa shape index (κ3) is 3.39. The molecule has 0 bridgehead atoms. The monoisotopic (exact) mass is 418 g/mol. The lowest BCUT2D eigenvalue weighted by atomic mass is 10.1. The quantitative estimate of drug-likeness (QED) is 0.530. The molecule has 10 heteroatoms. The molecule has 4 aromatic heterocycles. The highest BCUT2D eigenvalue weighted by Crippen LogP contribution is 2.19. The Balaban J connectivity index is 1.37. The van der Waals surface area contributed by atoms with Gasteiger partial charge >= 0.3 is 0 Å². The second-order valence-corrected chi connectivity index (χ2v) is 7.71. The van der Waals surface area contributed by atoms with Crippen LogP contribution in [-0.2, 0) is 6.54 Å². The molecule has 1 unspecified atom stereocenters. The predicted octanol–water partition coefficient (Wildman–Crippen LogP) is 1.17. The average Bonchev–Trinajstić information content (AvgIpc) is 3.42. The van der Waals surface area contributed by atoms with Gasteiger partial charge in [-0.1, -0.05) is 0 Å². The highest BCUT2D eigenvalue weighted by molar-refractivity contribution is 5.97. The van der Waals surface area contributed by atoms with E-state index in [1.165, 1.54) is 0 Å². The molecule has 1 fully saturated rings. The Hall–Kier alpha value is -3.82. The fraction of sp³-hybridized carbons (Fsp3) is 0.333. The Kier molecular flexibility index (Phi) is 4.61. The molecule has 1 aliphatic rings. The third-order valence-corrected chi connectivity index (χ3v) is 5.64. The zero-order chi connectivity index (χ0) is 21.5. The molecular weight excluding hydrogens is 396 g/mol. The van der Waals surface area contributed by atoms with Gasteiger partial charge in [0.05, 0.1) is 5.39 Å². The zero-order valence-electron chi connectivity index (χ0n) is 17.3. The number of carbonyl (C=O) groups excluding carboxylic acids is 1. The highest BCUT2D eigenvalue weighted by atomic mass is 16.2. The van der Waals surface area contributed by atoms with Crippen LogP contribution in [0, 0.1) is 6.92 Å². The first-order valence-corrected chi connectivity index (χ1v) is 10.3. The minimum atomic E-state index is -0.358. The first-order chi connectivity index (χ1) is 15.0. The van der Waals surface area contributed by atoms with Crippen LogP contribution < -0.4 is 15.6 Å². The minimum Gasteiger partial charge on any atom is -0.353 e. The maximum Gasteiger partial charge on any atom is 0.257 e. The largest absolute Gasteiger partial charge is 0.353 e. The number of amides is 1. The lowest BCUT2D eigenvalue weighted by Crippen LogP contribution is -2.39. The summed E-state index contributed by atoms with van der Waals surface area (Å²) in [7, 11) is 0. The third-order valence-electron chi connectivity index (χ3n) is 5.64. The molecule has 4 aromatic rings. The van der Waals surface area contributed by atoms with E-state index in [4.69, 9.17) is 0 Å². The molecule has 0 aliphatic carbocycles. The second-order valence-electron chi connectivity index (χ2n) is 7.71. The smallest absolute Gasteiger partial charge is 0.257 e. The van der Waals surface area contributed by atoms with E-state index < -0.39 is 0 Å². The molecule has 1 atom stereocenters. The number of hydrogen-bond acceptors (Lipinski definition) is 7. The molecule has 31 heavy (non-hydrogen) atoms. The number of fused-ring (bicyclic) bond motifs is 2. The Morgan fingerprint density at radius 1 is 1.26 bits per heavy atom. The molecule has 5 rings (SSSR count).